The van der Waals surface area contributed by atoms with Gasteiger partial charge in [-0.25, -0.2) is 14.6 Å². The number of benzene rings is 1. The number of rotatable bonds is 1. The van der Waals surface area contributed by atoms with Gasteiger partial charge in [-0.2, -0.15) is 0 Å². The normalized spacial score (nSPS) is 21.3. The van der Waals surface area contributed by atoms with E-state index in [2.05, 4.69) is 0 Å². The standard InChI is InChI=1S/C11H12F2N2O/c12-7-3-4-8(10(13)6-7)9-2-1-5-15(14)11(9)16/h3-4,6,9H,1-2,5,14H2. The van der Waals surface area contributed by atoms with Crippen molar-refractivity contribution in [2.45, 2.75) is 18.8 Å². The molecule has 0 aromatic heterocycles. The molecule has 2 N–H and O–H groups in total. The van der Waals surface area contributed by atoms with E-state index in [0.717, 1.165) is 23.6 Å². The third-order valence-electron chi connectivity index (χ3n) is 2.81. The van der Waals surface area contributed by atoms with Crippen molar-refractivity contribution in [2.24, 2.45) is 5.84 Å². The summed E-state index contributed by atoms with van der Waals surface area (Å²) in [6.07, 6.45) is 1.28. The van der Waals surface area contributed by atoms with Crippen LogP contribution in [-0.2, 0) is 4.79 Å². The summed E-state index contributed by atoms with van der Waals surface area (Å²) >= 11 is 0. The fraction of sp³-hybridized carbons (Fsp3) is 0.364. The van der Waals surface area contributed by atoms with Crippen molar-refractivity contribution in [1.82, 2.24) is 5.01 Å². The average Bonchev–Trinajstić information content (AvgIpc) is 2.23. The highest BCUT2D eigenvalue weighted by Crippen LogP contribution is 2.28. The minimum atomic E-state index is -0.686. The van der Waals surface area contributed by atoms with Gasteiger partial charge in [0.15, 0.2) is 0 Å². The Morgan fingerprint density at radius 3 is 2.81 bits per heavy atom. The highest BCUT2D eigenvalue weighted by molar-refractivity contribution is 5.84. The number of amides is 1. The Kier molecular flexibility index (Phi) is 2.87. The molecule has 5 heteroatoms. The van der Waals surface area contributed by atoms with Gasteiger partial charge < -0.3 is 0 Å². The molecule has 1 aliphatic heterocycles. The molecule has 16 heavy (non-hydrogen) atoms. The van der Waals surface area contributed by atoms with E-state index in [1.54, 1.807) is 0 Å². The van der Waals surface area contributed by atoms with Crippen LogP contribution in [-0.4, -0.2) is 17.5 Å². The Bertz CT molecular complexity index is 422. The second-order valence-electron chi connectivity index (χ2n) is 3.89. The Morgan fingerprint density at radius 1 is 1.38 bits per heavy atom. The number of hydrazine groups is 1. The van der Waals surface area contributed by atoms with Crippen LogP contribution in [0.3, 0.4) is 0 Å². The number of piperidine rings is 1. The third-order valence-corrected chi connectivity index (χ3v) is 2.81. The van der Waals surface area contributed by atoms with Crippen molar-refractivity contribution in [3.63, 3.8) is 0 Å². The van der Waals surface area contributed by atoms with Gasteiger partial charge in [0.05, 0.1) is 5.92 Å². The predicted molar refractivity (Wildman–Crippen MR) is 54.2 cm³/mol. The molecule has 1 aromatic rings. The molecule has 0 saturated carbocycles. The van der Waals surface area contributed by atoms with E-state index in [1.165, 1.54) is 6.07 Å². The zero-order valence-electron chi connectivity index (χ0n) is 8.62. The quantitative estimate of drug-likeness (QED) is 0.583. The molecule has 0 bridgehead atoms. The van der Waals surface area contributed by atoms with E-state index in [0.29, 0.717) is 13.0 Å². The predicted octanol–water partition coefficient (Wildman–Crippen LogP) is 1.54. The molecule has 2 rings (SSSR count). The van der Waals surface area contributed by atoms with Crippen LogP contribution < -0.4 is 5.84 Å². The highest BCUT2D eigenvalue weighted by atomic mass is 19.1. The lowest BCUT2D eigenvalue weighted by molar-refractivity contribution is -0.135. The molecule has 0 radical (unpaired) electrons. The fourth-order valence-electron chi connectivity index (χ4n) is 1.97. The minimum absolute atomic E-state index is 0.224. The molecule has 1 aromatic carbocycles. The molecule has 1 unspecified atom stereocenters. The maximum absolute atomic E-state index is 13.5. The molecule has 0 aliphatic carbocycles. The van der Waals surface area contributed by atoms with Crippen molar-refractivity contribution < 1.29 is 13.6 Å². The molecule has 1 fully saturated rings. The molecule has 1 saturated heterocycles. The van der Waals surface area contributed by atoms with Crippen LogP contribution in [0.25, 0.3) is 0 Å². The van der Waals surface area contributed by atoms with Crippen molar-refractivity contribution in [3.8, 4) is 0 Å². The summed E-state index contributed by atoms with van der Waals surface area (Å²) < 4.78 is 26.2. The number of hydrogen-bond acceptors (Lipinski definition) is 2. The van der Waals surface area contributed by atoms with Crippen LogP contribution in [0, 0.1) is 11.6 Å². The zero-order chi connectivity index (χ0) is 11.7. The molecular formula is C11H12F2N2O. The highest BCUT2D eigenvalue weighted by Gasteiger charge is 2.30. The molecule has 1 aliphatic rings. The first kappa shape index (κ1) is 11.0. The Balaban J connectivity index is 2.32. The van der Waals surface area contributed by atoms with Crippen LogP contribution in [0.1, 0.15) is 24.3 Å². The number of carbonyl (C=O) groups is 1. The largest absolute Gasteiger partial charge is 0.280 e. The molecule has 1 amide bonds. The van der Waals surface area contributed by atoms with Crippen LogP contribution in [0.5, 0.6) is 0 Å². The van der Waals surface area contributed by atoms with Crippen molar-refractivity contribution in [3.05, 3.63) is 35.4 Å². The molecular weight excluding hydrogens is 214 g/mol. The first-order valence-electron chi connectivity index (χ1n) is 5.10. The van der Waals surface area contributed by atoms with E-state index in [4.69, 9.17) is 5.84 Å². The van der Waals surface area contributed by atoms with E-state index in [-0.39, 0.29) is 11.5 Å². The Hall–Kier alpha value is -1.49. The van der Waals surface area contributed by atoms with Gasteiger partial charge in [-0.3, -0.25) is 9.80 Å². The summed E-state index contributed by atoms with van der Waals surface area (Å²) in [5.41, 5.74) is 0.224. The summed E-state index contributed by atoms with van der Waals surface area (Å²) in [6, 6.07) is 3.26. The molecule has 86 valence electrons. The van der Waals surface area contributed by atoms with Gasteiger partial charge in [0.1, 0.15) is 11.6 Å². The van der Waals surface area contributed by atoms with Gasteiger partial charge in [0, 0.05) is 18.2 Å². The van der Waals surface area contributed by atoms with Crippen molar-refractivity contribution in [2.75, 3.05) is 6.54 Å². The number of hydrogen-bond donors (Lipinski definition) is 1. The second kappa shape index (κ2) is 4.17. The minimum Gasteiger partial charge on any atom is -0.280 e. The first-order chi connectivity index (χ1) is 7.59. The second-order valence-corrected chi connectivity index (χ2v) is 3.89. The summed E-state index contributed by atoms with van der Waals surface area (Å²) in [5.74, 6) is 3.25. The number of carbonyl (C=O) groups excluding carboxylic acids is 1. The van der Waals surface area contributed by atoms with Gasteiger partial charge in [0.2, 0.25) is 5.91 Å². The Morgan fingerprint density at radius 2 is 2.12 bits per heavy atom. The van der Waals surface area contributed by atoms with Crippen molar-refractivity contribution in [1.29, 1.82) is 0 Å². The molecule has 1 atom stereocenters. The summed E-state index contributed by atoms with van der Waals surface area (Å²) in [4.78, 5) is 11.7. The van der Waals surface area contributed by atoms with E-state index >= 15 is 0 Å². The number of halogens is 2. The van der Waals surface area contributed by atoms with Gasteiger partial charge in [-0.05, 0) is 18.9 Å². The maximum atomic E-state index is 13.5. The van der Waals surface area contributed by atoms with Crippen LogP contribution in [0.4, 0.5) is 8.78 Å². The monoisotopic (exact) mass is 226 g/mol. The van der Waals surface area contributed by atoms with E-state index in [9.17, 15) is 13.6 Å². The van der Waals surface area contributed by atoms with Gasteiger partial charge >= 0.3 is 0 Å². The SMILES string of the molecule is NN1CCCC(c2ccc(F)cc2F)C1=O. The Labute approximate surface area is 91.8 Å². The lowest BCUT2D eigenvalue weighted by Gasteiger charge is -2.28. The summed E-state index contributed by atoms with van der Waals surface area (Å²) in [7, 11) is 0. The zero-order valence-corrected chi connectivity index (χ0v) is 8.62. The first-order valence-corrected chi connectivity index (χ1v) is 5.10. The summed E-state index contributed by atoms with van der Waals surface area (Å²) in [5, 5.41) is 1.09. The topological polar surface area (TPSA) is 46.3 Å². The average molecular weight is 226 g/mol. The summed E-state index contributed by atoms with van der Waals surface area (Å²) in [6.45, 7) is 0.484. The fourth-order valence-corrected chi connectivity index (χ4v) is 1.97. The number of nitrogens with two attached hydrogens (primary N) is 1. The van der Waals surface area contributed by atoms with Crippen LogP contribution in [0.15, 0.2) is 18.2 Å². The van der Waals surface area contributed by atoms with Crippen molar-refractivity contribution >= 4 is 5.91 Å². The maximum Gasteiger partial charge on any atom is 0.244 e. The van der Waals surface area contributed by atoms with Crippen LogP contribution >= 0.6 is 0 Å². The molecule has 0 spiro atoms. The van der Waals surface area contributed by atoms with Gasteiger partial charge in [-0.15, -0.1) is 0 Å². The molecule has 1 heterocycles. The number of nitrogens with zero attached hydrogens (tertiary/aromatic N) is 1. The lowest BCUT2D eigenvalue weighted by Crippen LogP contribution is -2.44. The smallest absolute Gasteiger partial charge is 0.244 e. The van der Waals surface area contributed by atoms with Gasteiger partial charge in [0.25, 0.3) is 0 Å². The lowest BCUT2D eigenvalue weighted by atomic mass is 9.90. The van der Waals surface area contributed by atoms with E-state index in [1.807, 2.05) is 0 Å². The third kappa shape index (κ3) is 1.90. The van der Waals surface area contributed by atoms with Crippen LogP contribution in [0.2, 0.25) is 0 Å². The van der Waals surface area contributed by atoms with Gasteiger partial charge in [-0.1, -0.05) is 6.07 Å². The molecule has 3 nitrogen and oxygen atoms in total. The van der Waals surface area contributed by atoms with E-state index < -0.39 is 17.6 Å².